The van der Waals surface area contributed by atoms with Gasteiger partial charge in [0.05, 0.1) is 17.4 Å². The van der Waals surface area contributed by atoms with Crippen molar-refractivity contribution in [2.24, 2.45) is 0 Å². The highest BCUT2D eigenvalue weighted by atomic mass is 35.5. The van der Waals surface area contributed by atoms with Crippen molar-refractivity contribution in [3.8, 4) is 0 Å². The fraction of sp³-hybridized carbons (Fsp3) is 0.400. The Morgan fingerprint density at radius 2 is 2.10 bits per heavy atom. The average Bonchev–Trinajstić information content (AvgIpc) is 2.68. The molecular formula is C15H19ClFN3. The molecule has 0 saturated heterocycles. The van der Waals surface area contributed by atoms with E-state index in [1.165, 1.54) is 6.07 Å². The van der Waals surface area contributed by atoms with Crippen LogP contribution in [0.4, 0.5) is 10.1 Å². The van der Waals surface area contributed by atoms with E-state index in [0.717, 1.165) is 23.5 Å². The highest BCUT2D eigenvalue weighted by Crippen LogP contribution is 2.27. The number of halogens is 2. The largest absolute Gasteiger partial charge is 0.376 e. The van der Waals surface area contributed by atoms with E-state index in [1.807, 2.05) is 25.5 Å². The van der Waals surface area contributed by atoms with E-state index >= 15 is 0 Å². The van der Waals surface area contributed by atoms with Gasteiger partial charge in [-0.3, -0.25) is 4.68 Å². The van der Waals surface area contributed by atoms with Crippen LogP contribution in [0.25, 0.3) is 0 Å². The third kappa shape index (κ3) is 2.80. The van der Waals surface area contributed by atoms with Gasteiger partial charge in [0.1, 0.15) is 5.82 Å². The zero-order chi connectivity index (χ0) is 14.9. The quantitative estimate of drug-likeness (QED) is 0.901. The Labute approximate surface area is 123 Å². The second-order valence-electron chi connectivity index (χ2n) is 4.89. The van der Waals surface area contributed by atoms with Gasteiger partial charge in [0.2, 0.25) is 0 Å². The molecule has 0 radical (unpaired) electrons. The summed E-state index contributed by atoms with van der Waals surface area (Å²) in [6.07, 6.45) is 0. The summed E-state index contributed by atoms with van der Waals surface area (Å²) in [6, 6.07) is 4.47. The second kappa shape index (κ2) is 5.83. The minimum Gasteiger partial charge on any atom is -0.376 e. The van der Waals surface area contributed by atoms with E-state index in [2.05, 4.69) is 17.3 Å². The molecule has 108 valence electrons. The number of rotatable bonds is 4. The van der Waals surface area contributed by atoms with Gasteiger partial charge in [-0.2, -0.15) is 5.10 Å². The zero-order valence-corrected chi connectivity index (χ0v) is 12.9. The van der Waals surface area contributed by atoms with Crippen LogP contribution in [0.1, 0.15) is 36.8 Å². The molecule has 0 bridgehead atoms. The van der Waals surface area contributed by atoms with Gasteiger partial charge >= 0.3 is 0 Å². The lowest BCUT2D eigenvalue weighted by molar-refractivity contribution is 0.626. The number of benzene rings is 1. The topological polar surface area (TPSA) is 29.9 Å². The highest BCUT2D eigenvalue weighted by Gasteiger charge is 2.18. The summed E-state index contributed by atoms with van der Waals surface area (Å²) in [6.45, 7) is 8.88. The molecule has 1 aromatic heterocycles. The van der Waals surface area contributed by atoms with Gasteiger partial charge in [0, 0.05) is 22.8 Å². The third-order valence-electron chi connectivity index (χ3n) is 3.47. The Hall–Kier alpha value is -1.55. The molecule has 2 rings (SSSR count). The van der Waals surface area contributed by atoms with Crippen molar-refractivity contribution >= 4 is 17.3 Å². The van der Waals surface area contributed by atoms with Crippen molar-refractivity contribution in [3.63, 3.8) is 0 Å². The smallest absolute Gasteiger partial charge is 0.146 e. The molecule has 1 aromatic carbocycles. The molecule has 1 heterocycles. The van der Waals surface area contributed by atoms with E-state index in [-0.39, 0.29) is 11.9 Å². The fourth-order valence-corrected chi connectivity index (χ4v) is 2.73. The zero-order valence-electron chi connectivity index (χ0n) is 12.2. The number of nitrogens with one attached hydrogen (secondary N) is 1. The Balaban J connectivity index is 2.30. The molecule has 0 saturated carbocycles. The van der Waals surface area contributed by atoms with E-state index in [9.17, 15) is 4.39 Å². The van der Waals surface area contributed by atoms with Gasteiger partial charge in [-0.1, -0.05) is 11.6 Å². The van der Waals surface area contributed by atoms with Crippen LogP contribution in [0.15, 0.2) is 18.2 Å². The van der Waals surface area contributed by atoms with Crippen LogP contribution in [-0.2, 0) is 6.54 Å². The Morgan fingerprint density at radius 3 is 2.70 bits per heavy atom. The average molecular weight is 296 g/mol. The lowest BCUT2D eigenvalue weighted by atomic mass is 10.1. The first kappa shape index (κ1) is 14.9. The maximum Gasteiger partial charge on any atom is 0.146 e. The molecule has 0 aliphatic carbocycles. The molecule has 0 spiro atoms. The summed E-state index contributed by atoms with van der Waals surface area (Å²) in [5.41, 5.74) is 3.58. The number of aryl methyl sites for hydroxylation is 2. The van der Waals surface area contributed by atoms with Crippen molar-refractivity contribution in [2.45, 2.75) is 40.3 Å². The number of anilines is 1. The van der Waals surface area contributed by atoms with Crippen LogP contribution in [0.3, 0.4) is 0 Å². The molecular weight excluding hydrogens is 277 g/mol. The minimum atomic E-state index is -0.306. The molecule has 3 nitrogen and oxygen atoms in total. The predicted octanol–water partition coefficient (Wildman–Crippen LogP) is 4.49. The molecule has 0 aliphatic heterocycles. The van der Waals surface area contributed by atoms with Crippen LogP contribution >= 0.6 is 11.6 Å². The summed E-state index contributed by atoms with van der Waals surface area (Å²) in [7, 11) is 0. The molecule has 0 fully saturated rings. The Bertz CT molecular complexity index is 622. The Morgan fingerprint density at radius 1 is 1.40 bits per heavy atom. The second-order valence-corrected chi connectivity index (χ2v) is 5.33. The molecule has 1 N–H and O–H groups in total. The van der Waals surface area contributed by atoms with Gasteiger partial charge in [0.15, 0.2) is 0 Å². The number of nitrogens with zero attached hydrogens (tertiary/aromatic N) is 2. The maximum absolute atomic E-state index is 13.8. The molecule has 20 heavy (non-hydrogen) atoms. The van der Waals surface area contributed by atoms with E-state index in [0.29, 0.717) is 10.7 Å². The van der Waals surface area contributed by atoms with Gasteiger partial charge < -0.3 is 5.32 Å². The van der Waals surface area contributed by atoms with E-state index in [4.69, 9.17) is 11.6 Å². The molecule has 0 amide bonds. The van der Waals surface area contributed by atoms with Gasteiger partial charge in [-0.15, -0.1) is 0 Å². The molecule has 0 aliphatic rings. The lowest BCUT2D eigenvalue weighted by Gasteiger charge is -2.17. The SMILES string of the molecule is CCn1nc(C)c(C(C)Nc2cc(Cl)ccc2F)c1C. The predicted molar refractivity (Wildman–Crippen MR) is 80.8 cm³/mol. The van der Waals surface area contributed by atoms with Crippen LogP contribution < -0.4 is 5.32 Å². The standard InChI is InChI=1S/C15H19ClFN3/c1-5-20-11(4)15(10(3)19-20)9(2)18-14-8-12(16)6-7-13(14)17/h6-9,18H,5H2,1-4H3. The molecule has 5 heteroatoms. The molecule has 1 atom stereocenters. The van der Waals surface area contributed by atoms with Gasteiger partial charge in [0.25, 0.3) is 0 Å². The van der Waals surface area contributed by atoms with Crippen LogP contribution in [0.5, 0.6) is 0 Å². The van der Waals surface area contributed by atoms with Crippen molar-refractivity contribution in [2.75, 3.05) is 5.32 Å². The first-order valence-corrected chi connectivity index (χ1v) is 7.07. The van der Waals surface area contributed by atoms with E-state index in [1.54, 1.807) is 12.1 Å². The van der Waals surface area contributed by atoms with Gasteiger partial charge in [-0.25, -0.2) is 4.39 Å². The van der Waals surface area contributed by atoms with Crippen LogP contribution in [-0.4, -0.2) is 9.78 Å². The lowest BCUT2D eigenvalue weighted by Crippen LogP contribution is -2.10. The first-order valence-electron chi connectivity index (χ1n) is 6.69. The van der Waals surface area contributed by atoms with Crippen LogP contribution in [0.2, 0.25) is 5.02 Å². The summed E-state index contributed by atoms with van der Waals surface area (Å²) in [5, 5.41) is 8.17. The maximum atomic E-state index is 13.8. The normalized spacial score (nSPS) is 12.5. The molecule has 1 unspecified atom stereocenters. The molecule has 2 aromatic rings. The first-order chi connectivity index (χ1) is 9.43. The summed E-state index contributed by atoms with van der Waals surface area (Å²) < 4.78 is 15.7. The fourth-order valence-electron chi connectivity index (χ4n) is 2.56. The Kier molecular flexibility index (Phi) is 4.33. The van der Waals surface area contributed by atoms with Crippen molar-refractivity contribution in [1.29, 1.82) is 0 Å². The number of aromatic nitrogens is 2. The van der Waals surface area contributed by atoms with Crippen molar-refractivity contribution in [1.82, 2.24) is 9.78 Å². The van der Waals surface area contributed by atoms with Gasteiger partial charge in [-0.05, 0) is 45.9 Å². The summed E-state index contributed by atoms with van der Waals surface area (Å²) in [5.74, 6) is -0.306. The summed E-state index contributed by atoms with van der Waals surface area (Å²) in [4.78, 5) is 0. The number of hydrogen-bond donors (Lipinski definition) is 1. The van der Waals surface area contributed by atoms with Crippen molar-refractivity contribution in [3.05, 3.63) is 46.0 Å². The highest BCUT2D eigenvalue weighted by molar-refractivity contribution is 6.30. The van der Waals surface area contributed by atoms with E-state index < -0.39 is 0 Å². The number of hydrogen-bond acceptors (Lipinski definition) is 2. The summed E-state index contributed by atoms with van der Waals surface area (Å²) >= 11 is 5.91. The minimum absolute atomic E-state index is 0.0386. The van der Waals surface area contributed by atoms with Crippen LogP contribution in [0, 0.1) is 19.7 Å². The monoisotopic (exact) mass is 295 g/mol. The van der Waals surface area contributed by atoms with Crippen molar-refractivity contribution < 1.29 is 4.39 Å². The third-order valence-corrected chi connectivity index (χ3v) is 3.71.